The molecule has 9 rings (SSSR count). The molecule has 1 fully saturated rings. The van der Waals surface area contributed by atoms with Crippen LogP contribution in [0, 0.1) is 5.41 Å². The van der Waals surface area contributed by atoms with E-state index in [0.717, 1.165) is 86.0 Å². The first-order valence-corrected chi connectivity index (χ1v) is 28.3. The fourth-order valence-corrected chi connectivity index (χ4v) is 8.42. The number of ether oxygens (including phenoxy) is 2. The minimum absolute atomic E-state index is 0.146. The molecule has 15 N–H and O–H groups in total. The van der Waals surface area contributed by atoms with E-state index in [9.17, 15) is 0 Å². The molecule has 13 nitrogen and oxygen atoms in total. The number of para-hydroxylation sites is 13. The minimum Gasteiger partial charge on any atom is -0.506 e. The topological polar surface area (TPSA) is 231 Å². The van der Waals surface area contributed by atoms with Gasteiger partial charge in [-0.3, -0.25) is 0 Å². The number of hydrogen-bond donors (Lipinski definition) is 9. The Morgan fingerprint density at radius 2 is 0.938 bits per heavy atom. The number of benzene rings is 8. The van der Waals surface area contributed by atoms with Gasteiger partial charge in [-0.2, -0.15) is 0 Å². The standard InChI is InChI=1S/C12H20N2.C11H16N2.C8H12N2.C7H9NO.C7H9NS.C7H9OP.C6H7NO.C6H7NS/c1-12(2,3)9-14(4)11-8-6-5-7-10(11)13;12-10-6-2-3-7-11(10)13-8-4-1-5-9-13;1-10(2)8-6-4-3-5-7(8)9;2*1-9-7-5-3-2-4-6(7)8;1-8-6-4-2-3-5-7(6)9;2*7-5-3-1-2-4-6(5)8/h5-8H,9,13H2,1-4H3;2-3,6-7H,1,4-5,8-9,12H2;3-6H,9H2,1-2H3;2*2-5H,8H2,1H3;2-5H,9H2,1H3;2*1-4,8H,7H2. The zero-order chi connectivity index (χ0) is 59.5. The Bertz CT molecular complexity index is 2760. The molecule has 0 aromatic heterocycles. The Hall–Kier alpha value is -7.71. The number of phenolic OH excluding ortho intramolecular Hbond substituents is 1. The predicted molar refractivity (Wildman–Crippen MR) is 359 cm³/mol. The molecule has 1 saturated heterocycles. The monoisotopic (exact) mass is 1140 g/mol. The zero-order valence-corrected chi connectivity index (χ0v) is 51.2. The molecule has 1 aliphatic rings. The van der Waals surface area contributed by atoms with Gasteiger partial charge in [0, 0.05) is 67.2 Å². The van der Waals surface area contributed by atoms with Crippen LogP contribution in [0.25, 0.3) is 0 Å². The highest BCUT2D eigenvalue weighted by atomic mass is 32.2. The highest BCUT2D eigenvalue weighted by Crippen LogP contribution is 2.27. The smallest absolute Gasteiger partial charge is 0.141 e. The summed E-state index contributed by atoms with van der Waals surface area (Å²) in [5.41, 5.74) is 48.3. The van der Waals surface area contributed by atoms with Gasteiger partial charge in [0.2, 0.25) is 0 Å². The molecule has 80 heavy (non-hydrogen) atoms. The second kappa shape index (κ2) is 38.0. The van der Waals surface area contributed by atoms with Gasteiger partial charge in [0.1, 0.15) is 17.2 Å². The van der Waals surface area contributed by atoms with Crippen molar-refractivity contribution >= 4 is 95.8 Å². The first-order valence-electron chi connectivity index (χ1n) is 26.0. The maximum Gasteiger partial charge on any atom is 0.141 e. The SMILES string of the molecule is CN(C)c1ccccc1N.CN(CC(C)(C)C)c1ccccc1N.COc1ccccc1N.COc1ccccc1P.CSc1ccccc1N.Nc1ccccc1N1CCCCC1.Nc1ccccc1O.Nc1ccccc1S. The number of hydrogen-bond acceptors (Lipinski definition) is 15. The molecule has 0 bridgehead atoms. The molecule has 1 heterocycles. The van der Waals surface area contributed by atoms with Gasteiger partial charge in [0.25, 0.3) is 0 Å². The van der Waals surface area contributed by atoms with Gasteiger partial charge >= 0.3 is 0 Å². The molecule has 0 amide bonds. The lowest BCUT2D eigenvalue weighted by atomic mass is 9.96. The quantitative estimate of drug-likeness (QED) is 0.0238. The Morgan fingerprint density at radius 1 is 0.512 bits per heavy atom. The average Bonchev–Trinajstić information content (AvgIpc) is 3.44. The van der Waals surface area contributed by atoms with Crippen molar-refractivity contribution in [1.29, 1.82) is 0 Å². The molecule has 0 spiro atoms. The van der Waals surface area contributed by atoms with Gasteiger partial charge in [0.05, 0.1) is 59.7 Å². The van der Waals surface area contributed by atoms with E-state index in [-0.39, 0.29) is 11.2 Å². The summed E-state index contributed by atoms with van der Waals surface area (Å²) in [7, 11) is 11.9. The fourth-order valence-electron chi connectivity index (χ4n) is 7.41. The molecule has 1 aliphatic heterocycles. The Labute approximate surface area is 490 Å². The van der Waals surface area contributed by atoms with Crippen molar-refractivity contribution in [3.8, 4) is 17.2 Å². The Morgan fingerprint density at radius 3 is 1.30 bits per heavy atom. The van der Waals surface area contributed by atoms with Crippen molar-refractivity contribution in [2.45, 2.75) is 49.8 Å². The van der Waals surface area contributed by atoms with Gasteiger partial charge in [-0.25, -0.2) is 0 Å². The van der Waals surface area contributed by atoms with E-state index in [0.29, 0.717) is 11.4 Å². The van der Waals surface area contributed by atoms with Gasteiger partial charge in [0.15, 0.2) is 0 Å². The van der Waals surface area contributed by atoms with E-state index in [1.807, 2.05) is 171 Å². The second-order valence-electron chi connectivity index (χ2n) is 19.4. The van der Waals surface area contributed by atoms with Gasteiger partial charge in [-0.1, -0.05) is 124 Å². The summed E-state index contributed by atoms with van der Waals surface area (Å²) in [4.78, 5) is 8.58. The molecule has 16 heteroatoms. The third-order valence-corrected chi connectivity index (χ3v) is 13.1. The number of phenols is 1. The largest absolute Gasteiger partial charge is 0.506 e. The zero-order valence-electron chi connectivity index (χ0n) is 48.3. The molecular formula is C64H89N10O3PS2. The predicted octanol–water partition coefficient (Wildman–Crippen LogP) is 13.3. The summed E-state index contributed by atoms with van der Waals surface area (Å²) in [6, 6.07) is 61.2. The Balaban J connectivity index is 0.000000315. The number of thiol groups is 1. The number of aromatic hydroxyl groups is 1. The molecule has 8 aromatic carbocycles. The normalized spacial score (nSPS) is 10.9. The molecule has 0 aliphatic carbocycles. The number of nitrogens with zero attached hydrogens (tertiary/aromatic N) is 3. The molecule has 1 atom stereocenters. The molecule has 1 unspecified atom stereocenters. The summed E-state index contributed by atoms with van der Waals surface area (Å²) in [6.07, 6.45) is 5.98. The van der Waals surface area contributed by atoms with E-state index >= 15 is 0 Å². The van der Waals surface area contributed by atoms with Crippen LogP contribution in [-0.2, 0) is 0 Å². The van der Waals surface area contributed by atoms with E-state index < -0.39 is 0 Å². The van der Waals surface area contributed by atoms with Crippen molar-refractivity contribution in [2.24, 2.45) is 5.41 Å². The number of nitrogens with two attached hydrogens (primary N) is 7. The third kappa shape index (κ3) is 27.2. The first-order chi connectivity index (χ1) is 38.1. The molecule has 0 radical (unpaired) electrons. The molecule has 430 valence electrons. The van der Waals surface area contributed by atoms with Crippen LogP contribution in [0.3, 0.4) is 0 Å². The van der Waals surface area contributed by atoms with Crippen LogP contribution in [-0.4, -0.2) is 66.4 Å². The van der Waals surface area contributed by atoms with Crippen LogP contribution in [0.2, 0.25) is 0 Å². The minimum atomic E-state index is 0.146. The van der Waals surface area contributed by atoms with E-state index in [1.54, 1.807) is 56.3 Å². The summed E-state index contributed by atoms with van der Waals surface area (Å²) >= 11 is 5.74. The summed E-state index contributed by atoms with van der Waals surface area (Å²) < 4.78 is 9.94. The number of nitrogen functional groups attached to an aromatic ring is 7. The summed E-state index contributed by atoms with van der Waals surface area (Å²) in [5.74, 6) is 1.80. The number of rotatable bonds is 7. The van der Waals surface area contributed by atoms with E-state index in [2.05, 4.69) is 77.7 Å². The second-order valence-corrected chi connectivity index (χ2v) is 21.3. The maximum absolute atomic E-state index is 8.79. The number of anilines is 10. The van der Waals surface area contributed by atoms with Gasteiger partial charge < -0.3 is 69.4 Å². The van der Waals surface area contributed by atoms with Gasteiger partial charge in [-0.15, -0.1) is 33.6 Å². The van der Waals surface area contributed by atoms with Crippen LogP contribution < -0.4 is 69.6 Å². The summed E-state index contributed by atoms with van der Waals surface area (Å²) in [5, 5.41) is 9.89. The third-order valence-electron chi connectivity index (χ3n) is 11.4. The van der Waals surface area contributed by atoms with Crippen LogP contribution in [0.4, 0.5) is 56.9 Å². The van der Waals surface area contributed by atoms with Crippen molar-refractivity contribution in [1.82, 2.24) is 0 Å². The lowest BCUT2D eigenvalue weighted by molar-refractivity contribution is 0.417. The van der Waals surface area contributed by atoms with Crippen molar-refractivity contribution in [2.75, 3.05) is 116 Å². The molecule has 8 aromatic rings. The maximum atomic E-state index is 8.79. The van der Waals surface area contributed by atoms with Crippen molar-refractivity contribution in [3.05, 3.63) is 194 Å². The fraction of sp³-hybridized carbons (Fsp3) is 0.250. The lowest BCUT2D eigenvalue weighted by Crippen LogP contribution is -2.29. The average molecular weight is 1140 g/mol. The van der Waals surface area contributed by atoms with E-state index in [1.165, 1.54) is 24.9 Å². The van der Waals surface area contributed by atoms with Crippen LogP contribution in [0.15, 0.2) is 204 Å². The number of methoxy groups -OCH3 is 2. The molecular weight excluding hydrogens is 1050 g/mol. The van der Waals surface area contributed by atoms with Crippen molar-refractivity contribution in [3.63, 3.8) is 0 Å². The Kier molecular flexibility index (Phi) is 32.5. The van der Waals surface area contributed by atoms with Crippen LogP contribution >= 0.6 is 33.6 Å². The highest BCUT2D eigenvalue weighted by molar-refractivity contribution is 7.98. The lowest BCUT2D eigenvalue weighted by Gasteiger charge is -2.29. The first kappa shape index (κ1) is 68.4. The van der Waals surface area contributed by atoms with Gasteiger partial charge in [-0.05, 0) is 122 Å². The highest BCUT2D eigenvalue weighted by Gasteiger charge is 2.15. The van der Waals surface area contributed by atoms with Crippen LogP contribution in [0.1, 0.15) is 40.0 Å². The van der Waals surface area contributed by atoms with E-state index in [4.69, 9.17) is 54.7 Å². The number of thioether (sulfide) groups is 1. The number of piperidine rings is 1. The van der Waals surface area contributed by atoms with Crippen molar-refractivity contribution < 1.29 is 14.6 Å². The summed E-state index contributed by atoms with van der Waals surface area (Å²) in [6.45, 7) is 10.00. The van der Waals surface area contributed by atoms with Crippen LogP contribution in [0.5, 0.6) is 17.2 Å². The molecule has 0 saturated carbocycles.